The maximum absolute atomic E-state index is 11.9. The van der Waals surface area contributed by atoms with Gasteiger partial charge in [-0.05, 0) is 45.1 Å². The van der Waals surface area contributed by atoms with Crippen LogP contribution in [-0.2, 0) is 16.0 Å². The zero-order valence-electron chi connectivity index (χ0n) is 12.1. The van der Waals surface area contributed by atoms with E-state index in [0.717, 1.165) is 18.5 Å². The second-order valence-corrected chi connectivity index (χ2v) is 6.40. The summed E-state index contributed by atoms with van der Waals surface area (Å²) < 4.78 is 7.65. The van der Waals surface area contributed by atoms with E-state index in [9.17, 15) is 9.90 Å². The molecule has 2 fully saturated rings. The fourth-order valence-electron chi connectivity index (χ4n) is 3.23. The van der Waals surface area contributed by atoms with Crippen molar-refractivity contribution >= 4 is 5.97 Å². The summed E-state index contributed by atoms with van der Waals surface area (Å²) in [7, 11) is 0. The van der Waals surface area contributed by atoms with E-state index in [-0.39, 0.29) is 6.10 Å². The fraction of sp³-hybridized carbons (Fsp3) is 0.733. The molecule has 0 spiro atoms. The molecule has 0 amide bonds. The Morgan fingerprint density at radius 1 is 1.60 bits per heavy atom. The Morgan fingerprint density at radius 3 is 2.90 bits per heavy atom. The average molecular weight is 278 g/mol. The molecule has 5 heteroatoms. The molecule has 1 aliphatic carbocycles. The Balaban J connectivity index is 1.85. The summed E-state index contributed by atoms with van der Waals surface area (Å²) in [4.78, 5) is 11.9. The van der Waals surface area contributed by atoms with Crippen LogP contribution in [0.5, 0.6) is 0 Å². The summed E-state index contributed by atoms with van der Waals surface area (Å²) >= 11 is 0. The van der Waals surface area contributed by atoms with Gasteiger partial charge in [-0.25, -0.2) is 0 Å². The third-order valence-corrected chi connectivity index (χ3v) is 4.56. The maximum Gasteiger partial charge on any atom is 0.312 e. The van der Waals surface area contributed by atoms with Gasteiger partial charge in [0.25, 0.3) is 0 Å². The molecule has 1 aromatic heterocycles. The monoisotopic (exact) mass is 278 g/mol. The smallest absolute Gasteiger partial charge is 0.312 e. The number of hydrogen-bond donors (Lipinski definition) is 1. The number of aromatic nitrogens is 2. The van der Waals surface area contributed by atoms with Gasteiger partial charge in [0, 0.05) is 25.3 Å². The van der Waals surface area contributed by atoms with Gasteiger partial charge >= 0.3 is 5.97 Å². The molecule has 20 heavy (non-hydrogen) atoms. The molecular weight excluding hydrogens is 256 g/mol. The Bertz CT molecular complexity index is 507. The van der Waals surface area contributed by atoms with Gasteiger partial charge in [-0.15, -0.1) is 0 Å². The molecule has 1 aliphatic heterocycles. The molecular formula is C15H22N2O3. The average Bonchev–Trinajstić information content (AvgIpc) is 2.97. The van der Waals surface area contributed by atoms with Crippen molar-refractivity contribution in [2.24, 2.45) is 11.3 Å². The lowest BCUT2D eigenvalue weighted by Gasteiger charge is -2.29. The fourth-order valence-corrected chi connectivity index (χ4v) is 3.23. The van der Waals surface area contributed by atoms with E-state index >= 15 is 0 Å². The quantitative estimate of drug-likeness (QED) is 0.897. The highest BCUT2D eigenvalue weighted by atomic mass is 16.5. The first kappa shape index (κ1) is 13.6. The van der Waals surface area contributed by atoms with Crippen LogP contribution < -0.4 is 0 Å². The largest absolute Gasteiger partial charge is 0.481 e. The van der Waals surface area contributed by atoms with E-state index in [4.69, 9.17) is 4.74 Å². The van der Waals surface area contributed by atoms with Crippen molar-refractivity contribution < 1.29 is 14.6 Å². The van der Waals surface area contributed by atoms with Crippen LogP contribution in [0.3, 0.4) is 0 Å². The van der Waals surface area contributed by atoms with Crippen LogP contribution in [0.15, 0.2) is 12.3 Å². The number of nitrogens with zero attached hydrogens (tertiary/aromatic N) is 2. The standard InChI is InChI=1S/C15H22N2O3/c1-10(2)17-7-5-12(16-17)9-15(14(18)19)6-8-20-13(15)11-3-4-11/h5,7,10-11,13H,3-4,6,8-9H2,1-2H3,(H,18,19). The van der Waals surface area contributed by atoms with E-state index in [2.05, 4.69) is 18.9 Å². The SMILES string of the molecule is CC(C)n1ccc(CC2(C(=O)O)CCOC2C2CC2)n1. The first-order chi connectivity index (χ1) is 9.53. The first-order valence-corrected chi connectivity index (χ1v) is 7.42. The van der Waals surface area contributed by atoms with Crippen LogP contribution in [0.2, 0.25) is 0 Å². The van der Waals surface area contributed by atoms with Crippen LogP contribution in [0, 0.1) is 11.3 Å². The summed E-state index contributed by atoms with van der Waals surface area (Å²) in [6, 6.07) is 2.23. The van der Waals surface area contributed by atoms with Crippen molar-refractivity contribution in [2.75, 3.05) is 6.61 Å². The highest BCUT2D eigenvalue weighted by Gasteiger charge is 2.56. The predicted octanol–water partition coefficient (Wildman–Crippen LogP) is 2.28. The highest BCUT2D eigenvalue weighted by Crippen LogP contribution is 2.49. The van der Waals surface area contributed by atoms with Gasteiger partial charge < -0.3 is 9.84 Å². The van der Waals surface area contributed by atoms with Gasteiger partial charge in [0.05, 0.1) is 11.8 Å². The minimum atomic E-state index is -0.780. The van der Waals surface area contributed by atoms with Crippen molar-refractivity contribution in [1.29, 1.82) is 0 Å². The van der Waals surface area contributed by atoms with Gasteiger partial charge in [0.2, 0.25) is 0 Å². The molecule has 0 radical (unpaired) electrons. The second-order valence-electron chi connectivity index (χ2n) is 6.40. The minimum absolute atomic E-state index is 0.135. The van der Waals surface area contributed by atoms with Crippen molar-refractivity contribution in [3.8, 4) is 0 Å². The molecule has 2 aliphatic rings. The molecule has 1 aromatic rings. The van der Waals surface area contributed by atoms with Crippen LogP contribution in [0.1, 0.15) is 44.8 Å². The van der Waals surface area contributed by atoms with E-state index in [0.29, 0.717) is 31.4 Å². The summed E-state index contributed by atoms with van der Waals surface area (Å²) in [6.45, 7) is 4.68. The van der Waals surface area contributed by atoms with Crippen LogP contribution in [0.4, 0.5) is 0 Å². The summed E-state index contributed by atoms with van der Waals surface area (Å²) in [5.74, 6) is -0.299. The molecule has 110 valence electrons. The van der Waals surface area contributed by atoms with Crippen molar-refractivity contribution in [3.05, 3.63) is 18.0 Å². The van der Waals surface area contributed by atoms with Gasteiger partial charge in [0.15, 0.2) is 0 Å². The Hall–Kier alpha value is -1.36. The van der Waals surface area contributed by atoms with E-state index in [1.54, 1.807) is 0 Å². The van der Waals surface area contributed by atoms with Crippen LogP contribution in [0.25, 0.3) is 0 Å². The molecule has 1 saturated carbocycles. The molecule has 1 saturated heterocycles. The lowest BCUT2D eigenvalue weighted by atomic mass is 9.75. The Morgan fingerprint density at radius 2 is 2.35 bits per heavy atom. The van der Waals surface area contributed by atoms with Gasteiger partial charge in [-0.3, -0.25) is 9.48 Å². The number of carboxylic acid groups (broad SMARTS) is 1. The lowest BCUT2D eigenvalue weighted by Crippen LogP contribution is -2.42. The molecule has 2 heterocycles. The number of carbonyl (C=O) groups is 1. The van der Waals surface area contributed by atoms with Gasteiger partial charge in [-0.1, -0.05) is 0 Å². The zero-order valence-corrected chi connectivity index (χ0v) is 12.1. The summed E-state index contributed by atoms with van der Waals surface area (Å²) in [6.07, 6.45) is 5.06. The Kier molecular flexibility index (Phi) is 3.32. The second kappa shape index (κ2) is 4.88. The first-order valence-electron chi connectivity index (χ1n) is 7.42. The van der Waals surface area contributed by atoms with Crippen molar-refractivity contribution in [3.63, 3.8) is 0 Å². The number of hydrogen-bond acceptors (Lipinski definition) is 3. The molecule has 1 N–H and O–H groups in total. The highest BCUT2D eigenvalue weighted by molar-refractivity contribution is 5.76. The number of aliphatic carboxylic acids is 1. The van der Waals surface area contributed by atoms with E-state index in [1.165, 1.54) is 0 Å². The molecule has 2 unspecified atom stereocenters. The van der Waals surface area contributed by atoms with Crippen LogP contribution in [-0.4, -0.2) is 33.6 Å². The van der Waals surface area contributed by atoms with E-state index in [1.807, 2.05) is 16.9 Å². The summed E-state index contributed by atoms with van der Waals surface area (Å²) in [5.41, 5.74) is 0.0781. The van der Waals surface area contributed by atoms with Crippen LogP contribution >= 0.6 is 0 Å². The minimum Gasteiger partial charge on any atom is -0.481 e. The van der Waals surface area contributed by atoms with Gasteiger partial charge in [0.1, 0.15) is 5.41 Å². The zero-order chi connectivity index (χ0) is 14.3. The molecule has 3 rings (SSSR count). The third-order valence-electron chi connectivity index (χ3n) is 4.56. The summed E-state index contributed by atoms with van der Waals surface area (Å²) in [5, 5.41) is 14.3. The maximum atomic E-state index is 11.9. The molecule has 0 bridgehead atoms. The molecule has 0 aromatic carbocycles. The number of ether oxygens (including phenoxy) is 1. The predicted molar refractivity (Wildman–Crippen MR) is 73.5 cm³/mol. The van der Waals surface area contributed by atoms with E-state index < -0.39 is 11.4 Å². The Labute approximate surface area is 118 Å². The van der Waals surface area contributed by atoms with Gasteiger partial charge in [-0.2, -0.15) is 5.10 Å². The van der Waals surface area contributed by atoms with Crippen molar-refractivity contribution in [2.45, 2.75) is 51.7 Å². The third kappa shape index (κ3) is 2.24. The lowest BCUT2D eigenvalue weighted by molar-refractivity contribution is -0.153. The molecule has 5 nitrogen and oxygen atoms in total. The topological polar surface area (TPSA) is 64.4 Å². The number of rotatable bonds is 5. The van der Waals surface area contributed by atoms with Crippen molar-refractivity contribution in [1.82, 2.24) is 9.78 Å². The molecule has 2 atom stereocenters. The number of carboxylic acids is 1. The normalized spacial score (nSPS) is 30.1.